The average molecular weight is 405 g/mol. The van der Waals surface area contributed by atoms with Crippen LogP contribution in [-0.2, 0) is 12.8 Å². The zero-order valence-corrected chi connectivity index (χ0v) is 17.3. The topological polar surface area (TPSA) is 26.3 Å². The van der Waals surface area contributed by atoms with Gasteiger partial charge >= 0.3 is 0 Å². The van der Waals surface area contributed by atoms with E-state index in [-0.39, 0.29) is 11.9 Å². The van der Waals surface area contributed by atoms with E-state index in [4.69, 9.17) is 4.74 Å². The third-order valence-corrected chi connectivity index (χ3v) is 5.99. The Kier molecular flexibility index (Phi) is 5.37. The Morgan fingerprint density at radius 2 is 1.16 bits per heavy atom. The van der Waals surface area contributed by atoms with E-state index in [0.717, 1.165) is 47.3 Å². The maximum Gasteiger partial charge on any atom is 0.193 e. The molecule has 0 spiro atoms. The van der Waals surface area contributed by atoms with E-state index in [9.17, 15) is 4.79 Å². The number of carbonyl (C=O) groups is 1. The Balaban J connectivity index is 0.000000132. The molecule has 31 heavy (non-hydrogen) atoms. The van der Waals surface area contributed by atoms with E-state index >= 15 is 0 Å². The molecule has 0 saturated heterocycles. The summed E-state index contributed by atoms with van der Waals surface area (Å²) < 4.78 is 6.02. The highest BCUT2D eigenvalue weighted by Crippen LogP contribution is 2.34. The van der Waals surface area contributed by atoms with Crippen LogP contribution in [0, 0.1) is 0 Å². The molecule has 0 aromatic heterocycles. The van der Waals surface area contributed by atoms with Crippen molar-refractivity contribution in [1.29, 1.82) is 0 Å². The van der Waals surface area contributed by atoms with Gasteiger partial charge in [0.1, 0.15) is 11.9 Å². The number of hydrogen-bond donors (Lipinski definition) is 0. The summed E-state index contributed by atoms with van der Waals surface area (Å²) in [5, 5.41) is 0. The third-order valence-electron chi connectivity index (χ3n) is 5.99. The SMILES string of the molecule is O=C1c2ccccc2Cc2ccccc21.c1ccc(C2CCc3ccccc3O2)cc1. The molecule has 1 atom stereocenters. The Hall–Kier alpha value is -3.65. The molecule has 4 aromatic rings. The van der Waals surface area contributed by atoms with Crippen molar-refractivity contribution in [1.82, 2.24) is 0 Å². The number of para-hydroxylation sites is 1. The highest BCUT2D eigenvalue weighted by molar-refractivity contribution is 6.12. The molecule has 1 heterocycles. The van der Waals surface area contributed by atoms with Crippen LogP contribution < -0.4 is 4.74 Å². The predicted molar refractivity (Wildman–Crippen MR) is 124 cm³/mol. The number of ketones is 1. The molecule has 0 amide bonds. The normalized spacial score (nSPS) is 16.0. The summed E-state index contributed by atoms with van der Waals surface area (Å²) in [6.07, 6.45) is 3.27. The van der Waals surface area contributed by atoms with Crippen molar-refractivity contribution in [3.05, 3.63) is 137 Å². The summed E-state index contributed by atoms with van der Waals surface area (Å²) in [5.41, 5.74) is 6.60. The van der Waals surface area contributed by atoms with Crippen LogP contribution >= 0.6 is 0 Å². The molecule has 152 valence electrons. The van der Waals surface area contributed by atoms with Crippen molar-refractivity contribution in [3.63, 3.8) is 0 Å². The zero-order chi connectivity index (χ0) is 21.0. The summed E-state index contributed by atoms with van der Waals surface area (Å²) in [6.45, 7) is 0. The summed E-state index contributed by atoms with van der Waals surface area (Å²) in [5.74, 6) is 1.20. The fourth-order valence-corrected chi connectivity index (χ4v) is 4.37. The highest BCUT2D eigenvalue weighted by atomic mass is 16.5. The van der Waals surface area contributed by atoms with Gasteiger partial charge in [-0.2, -0.15) is 0 Å². The fourth-order valence-electron chi connectivity index (χ4n) is 4.37. The van der Waals surface area contributed by atoms with E-state index in [1.54, 1.807) is 0 Å². The zero-order valence-electron chi connectivity index (χ0n) is 17.3. The van der Waals surface area contributed by atoms with Gasteiger partial charge in [-0.05, 0) is 47.6 Å². The van der Waals surface area contributed by atoms with Crippen LogP contribution in [0.2, 0.25) is 0 Å². The number of fused-ring (bicyclic) bond motifs is 3. The standard InChI is InChI=1S/C15H14O.C14H10O/c1-2-6-12(7-3-1)15-11-10-13-8-4-5-9-14(13)16-15;15-14-12-7-3-1-5-10(12)9-11-6-2-4-8-13(11)14/h1-9,15H,10-11H2;1-8H,9H2. The van der Waals surface area contributed by atoms with Crippen LogP contribution in [0.3, 0.4) is 0 Å². The van der Waals surface area contributed by atoms with E-state index in [1.807, 2.05) is 60.7 Å². The lowest BCUT2D eigenvalue weighted by Gasteiger charge is -2.26. The van der Waals surface area contributed by atoms with Crippen molar-refractivity contribution in [2.75, 3.05) is 0 Å². The molecule has 0 radical (unpaired) electrons. The van der Waals surface area contributed by atoms with Crippen LogP contribution in [0.4, 0.5) is 0 Å². The highest BCUT2D eigenvalue weighted by Gasteiger charge is 2.22. The first-order valence-electron chi connectivity index (χ1n) is 10.8. The molecule has 1 unspecified atom stereocenters. The molecule has 2 aliphatic rings. The lowest BCUT2D eigenvalue weighted by molar-refractivity contribution is 0.103. The molecule has 1 aliphatic heterocycles. The summed E-state index contributed by atoms with van der Waals surface area (Å²) in [7, 11) is 0. The molecular formula is C29H24O2. The molecule has 2 nitrogen and oxygen atoms in total. The number of carbonyl (C=O) groups excluding carboxylic acids is 1. The molecule has 2 heteroatoms. The monoisotopic (exact) mass is 404 g/mol. The van der Waals surface area contributed by atoms with Crippen molar-refractivity contribution < 1.29 is 9.53 Å². The molecule has 4 aromatic carbocycles. The van der Waals surface area contributed by atoms with Gasteiger partial charge in [0.25, 0.3) is 0 Å². The van der Waals surface area contributed by atoms with Gasteiger partial charge in [-0.15, -0.1) is 0 Å². The van der Waals surface area contributed by atoms with Crippen LogP contribution in [0.15, 0.2) is 103 Å². The van der Waals surface area contributed by atoms with Gasteiger partial charge in [0.05, 0.1) is 0 Å². The van der Waals surface area contributed by atoms with Crippen LogP contribution in [0.1, 0.15) is 50.7 Å². The van der Waals surface area contributed by atoms with Gasteiger partial charge in [-0.1, -0.05) is 97.1 Å². The minimum absolute atomic E-state index is 0.160. The minimum atomic E-state index is 0.160. The van der Waals surface area contributed by atoms with Crippen molar-refractivity contribution in [3.8, 4) is 5.75 Å². The van der Waals surface area contributed by atoms with E-state index in [1.165, 1.54) is 11.1 Å². The Morgan fingerprint density at radius 3 is 1.84 bits per heavy atom. The Bertz CT molecular complexity index is 1160. The molecule has 6 rings (SSSR count). The van der Waals surface area contributed by atoms with Gasteiger partial charge in [-0.3, -0.25) is 4.79 Å². The van der Waals surface area contributed by atoms with Gasteiger partial charge in [0, 0.05) is 11.1 Å². The molecule has 0 fully saturated rings. The third kappa shape index (κ3) is 4.02. The number of benzene rings is 4. The molecule has 0 N–H and O–H groups in total. The number of aryl methyl sites for hydroxylation is 1. The smallest absolute Gasteiger partial charge is 0.193 e. The molecule has 0 bridgehead atoms. The lowest BCUT2D eigenvalue weighted by Crippen LogP contribution is -2.14. The van der Waals surface area contributed by atoms with E-state index in [0.29, 0.717) is 0 Å². The quantitative estimate of drug-likeness (QED) is 0.316. The number of hydrogen-bond acceptors (Lipinski definition) is 2. The fraction of sp³-hybridized carbons (Fsp3) is 0.138. The second-order valence-corrected chi connectivity index (χ2v) is 7.98. The predicted octanol–water partition coefficient (Wildman–Crippen LogP) is 6.57. The van der Waals surface area contributed by atoms with Gasteiger partial charge in [0.2, 0.25) is 0 Å². The maximum atomic E-state index is 12.1. The summed E-state index contributed by atoms with van der Waals surface area (Å²) in [6, 6.07) is 34.5. The van der Waals surface area contributed by atoms with Crippen LogP contribution in [0.5, 0.6) is 5.75 Å². The van der Waals surface area contributed by atoms with Crippen molar-refractivity contribution in [2.45, 2.75) is 25.4 Å². The van der Waals surface area contributed by atoms with E-state index in [2.05, 4.69) is 42.5 Å². The second-order valence-electron chi connectivity index (χ2n) is 7.98. The summed E-state index contributed by atoms with van der Waals surface area (Å²) >= 11 is 0. The van der Waals surface area contributed by atoms with Crippen molar-refractivity contribution >= 4 is 5.78 Å². The largest absolute Gasteiger partial charge is 0.485 e. The number of rotatable bonds is 1. The first-order chi connectivity index (χ1) is 15.3. The van der Waals surface area contributed by atoms with E-state index < -0.39 is 0 Å². The van der Waals surface area contributed by atoms with Gasteiger partial charge in [0.15, 0.2) is 5.78 Å². The second kappa shape index (κ2) is 8.61. The Morgan fingerprint density at radius 1 is 0.613 bits per heavy atom. The van der Waals surface area contributed by atoms with Gasteiger partial charge < -0.3 is 4.74 Å². The lowest BCUT2D eigenvalue weighted by atomic mass is 9.85. The van der Waals surface area contributed by atoms with Crippen molar-refractivity contribution in [2.24, 2.45) is 0 Å². The van der Waals surface area contributed by atoms with Crippen LogP contribution in [0.25, 0.3) is 0 Å². The summed E-state index contributed by atoms with van der Waals surface area (Å²) in [4.78, 5) is 12.1. The molecular weight excluding hydrogens is 380 g/mol. The van der Waals surface area contributed by atoms with Gasteiger partial charge in [-0.25, -0.2) is 0 Å². The average Bonchev–Trinajstić information content (AvgIpc) is 2.85. The molecule has 1 aliphatic carbocycles. The minimum Gasteiger partial charge on any atom is -0.485 e. The molecule has 0 saturated carbocycles. The maximum absolute atomic E-state index is 12.1. The first-order valence-corrected chi connectivity index (χ1v) is 10.8. The number of ether oxygens (including phenoxy) is 1. The Labute approximate surface area is 183 Å². The first kappa shape index (κ1) is 19.3. The van der Waals surface area contributed by atoms with Crippen LogP contribution in [-0.4, -0.2) is 5.78 Å².